The maximum absolute atomic E-state index is 11.8. The Balaban J connectivity index is 2.39. The number of esters is 1. The number of nitrogens with two attached hydrogens (primary N) is 1. The van der Waals surface area contributed by atoms with Gasteiger partial charge in [-0.05, 0) is 17.8 Å². The number of hydrogen-bond acceptors (Lipinski definition) is 5. The monoisotopic (exact) mass is 296 g/mol. The maximum atomic E-state index is 11.8. The standard InChI is InChI=1S/C10H11F3N2O3S/c11-10(12,13)19-4-3-18-9(17)6-15-5-7(14)1-2-8(15)16/h1-2,5H,3-4,6,14H2. The first-order valence-corrected chi connectivity index (χ1v) is 6.09. The Morgan fingerprint density at radius 1 is 1.42 bits per heavy atom. The zero-order valence-corrected chi connectivity index (χ0v) is 10.5. The number of nitrogens with zero attached hydrogens (tertiary/aromatic N) is 1. The lowest BCUT2D eigenvalue weighted by molar-refractivity contribution is -0.143. The summed E-state index contributed by atoms with van der Waals surface area (Å²) in [5.41, 5.74) is 0.926. The van der Waals surface area contributed by atoms with Crippen molar-refractivity contribution in [1.82, 2.24) is 4.57 Å². The van der Waals surface area contributed by atoms with Crippen molar-refractivity contribution in [3.05, 3.63) is 28.7 Å². The summed E-state index contributed by atoms with van der Waals surface area (Å²) in [4.78, 5) is 22.6. The fourth-order valence-electron chi connectivity index (χ4n) is 1.17. The Labute approximate surface area is 110 Å². The van der Waals surface area contributed by atoms with Crippen molar-refractivity contribution in [2.24, 2.45) is 0 Å². The van der Waals surface area contributed by atoms with Crippen molar-refractivity contribution >= 4 is 23.4 Å². The second-order valence-corrected chi connectivity index (χ2v) is 4.60. The van der Waals surface area contributed by atoms with E-state index in [-0.39, 0.29) is 30.7 Å². The van der Waals surface area contributed by atoms with Crippen LogP contribution in [0.3, 0.4) is 0 Å². The fraction of sp³-hybridized carbons (Fsp3) is 0.400. The molecule has 0 aromatic carbocycles. The van der Waals surface area contributed by atoms with Crippen LogP contribution in [0.15, 0.2) is 23.1 Å². The SMILES string of the molecule is Nc1ccc(=O)n(CC(=O)OCCSC(F)(F)F)c1. The van der Waals surface area contributed by atoms with Crippen LogP contribution >= 0.6 is 11.8 Å². The molecule has 5 nitrogen and oxygen atoms in total. The number of rotatable bonds is 5. The first-order valence-electron chi connectivity index (χ1n) is 5.10. The molecule has 1 aromatic rings. The molecule has 0 saturated heterocycles. The number of carbonyl (C=O) groups excluding carboxylic acids is 1. The van der Waals surface area contributed by atoms with Crippen molar-refractivity contribution in [3.8, 4) is 0 Å². The van der Waals surface area contributed by atoms with Crippen LogP contribution < -0.4 is 11.3 Å². The Kier molecular flexibility index (Phi) is 5.28. The third kappa shape index (κ3) is 6.18. The van der Waals surface area contributed by atoms with Gasteiger partial charge >= 0.3 is 11.5 Å². The second-order valence-electron chi connectivity index (χ2n) is 3.44. The van der Waals surface area contributed by atoms with Gasteiger partial charge in [-0.25, -0.2) is 0 Å². The molecule has 9 heteroatoms. The third-order valence-electron chi connectivity index (χ3n) is 1.92. The number of hydrogen-bond donors (Lipinski definition) is 1. The molecule has 1 aromatic heterocycles. The van der Waals surface area contributed by atoms with Gasteiger partial charge in [0.05, 0.1) is 0 Å². The molecule has 0 fully saturated rings. The van der Waals surface area contributed by atoms with E-state index in [2.05, 4.69) is 4.74 Å². The lowest BCUT2D eigenvalue weighted by Crippen LogP contribution is -2.25. The van der Waals surface area contributed by atoms with Crippen LogP contribution in [0.5, 0.6) is 0 Å². The van der Waals surface area contributed by atoms with Crippen LogP contribution in [-0.2, 0) is 16.1 Å². The molecular weight excluding hydrogens is 285 g/mol. The maximum Gasteiger partial charge on any atom is 0.441 e. The average molecular weight is 296 g/mol. The molecule has 1 rings (SSSR count). The molecule has 0 spiro atoms. The minimum atomic E-state index is -4.35. The van der Waals surface area contributed by atoms with Gasteiger partial charge in [-0.15, -0.1) is 0 Å². The summed E-state index contributed by atoms with van der Waals surface area (Å²) in [5.74, 6) is -1.18. The normalized spacial score (nSPS) is 11.3. The van der Waals surface area contributed by atoms with Crippen LogP contribution in [0.25, 0.3) is 0 Å². The molecule has 0 radical (unpaired) electrons. The van der Waals surface area contributed by atoms with Crippen LogP contribution in [0.4, 0.5) is 18.9 Å². The van der Waals surface area contributed by atoms with Crippen LogP contribution in [0.1, 0.15) is 0 Å². The fourth-order valence-corrected chi connectivity index (χ4v) is 1.57. The minimum Gasteiger partial charge on any atom is -0.463 e. The molecule has 0 amide bonds. The third-order valence-corrected chi connectivity index (χ3v) is 2.62. The number of nitrogen functional groups attached to an aromatic ring is 1. The smallest absolute Gasteiger partial charge is 0.441 e. The van der Waals surface area contributed by atoms with Crippen molar-refractivity contribution in [1.29, 1.82) is 0 Å². The summed E-state index contributed by atoms with van der Waals surface area (Å²) >= 11 is -0.278. The van der Waals surface area contributed by atoms with E-state index < -0.39 is 17.0 Å². The number of aromatic nitrogens is 1. The molecule has 1 heterocycles. The number of alkyl halides is 3. The zero-order valence-electron chi connectivity index (χ0n) is 9.64. The highest BCUT2D eigenvalue weighted by Gasteiger charge is 2.27. The van der Waals surface area contributed by atoms with Gasteiger partial charge in [0.1, 0.15) is 13.2 Å². The van der Waals surface area contributed by atoms with Gasteiger partial charge in [0.15, 0.2) is 0 Å². The van der Waals surface area contributed by atoms with E-state index >= 15 is 0 Å². The molecular formula is C10H11F3N2O3S. The van der Waals surface area contributed by atoms with Gasteiger partial charge in [-0.1, -0.05) is 0 Å². The number of anilines is 1. The van der Waals surface area contributed by atoms with Crippen molar-refractivity contribution in [2.45, 2.75) is 12.1 Å². The quantitative estimate of drug-likeness (QED) is 0.653. The first-order chi connectivity index (χ1) is 8.78. The summed E-state index contributed by atoms with van der Waals surface area (Å²) in [6.07, 6.45) is 1.26. The predicted molar refractivity (Wildman–Crippen MR) is 64.6 cm³/mol. The summed E-state index contributed by atoms with van der Waals surface area (Å²) in [5, 5.41) is 0. The van der Waals surface area contributed by atoms with E-state index in [9.17, 15) is 22.8 Å². The van der Waals surface area contributed by atoms with E-state index in [0.717, 1.165) is 4.57 Å². The first kappa shape index (κ1) is 15.4. The molecule has 2 N–H and O–H groups in total. The molecule has 0 unspecified atom stereocenters. The van der Waals surface area contributed by atoms with Gasteiger partial charge in [-0.3, -0.25) is 9.59 Å². The Hall–Kier alpha value is -1.64. The lowest BCUT2D eigenvalue weighted by atomic mass is 10.4. The van der Waals surface area contributed by atoms with E-state index in [1.165, 1.54) is 18.3 Å². The van der Waals surface area contributed by atoms with Crippen molar-refractivity contribution < 1.29 is 22.7 Å². The highest BCUT2D eigenvalue weighted by Crippen LogP contribution is 2.29. The summed E-state index contributed by atoms with van der Waals surface area (Å²) in [6.45, 7) is -0.763. The number of halogens is 3. The van der Waals surface area contributed by atoms with Gasteiger partial charge in [0.2, 0.25) is 0 Å². The molecule has 19 heavy (non-hydrogen) atoms. The minimum absolute atomic E-state index is 0.278. The molecule has 0 aliphatic rings. The van der Waals surface area contributed by atoms with Crippen LogP contribution in [-0.4, -0.2) is 28.4 Å². The number of pyridine rings is 1. The lowest BCUT2D eigenvalue weighted by Gasteiger charge is -2.08. The molecule has 106 valence electrons. The summed E-state index contributed by atoms with van der Waals surface area (Å²) in [7, 11) is 0. The van der Waals surface area contributed by atoms with Gasteiger partial charge in [0.25, 0.3) is 5.56 Å². The van der Waals surface area contributed by atoms with Gasteiger partial charge < -0.3 is 15.0 Å². The van der Waals surface area contributed by atoms with Crippen LogP contribution in [0.2, 0.25) is 0 Å². The van der Waals surface area contributed by atoms with E-state index in [1.807, 2.05) is 0 Å². The van der Waals surface area contributed by atoms with Crippen molar-refractivity contribution in [2.75, 3.05) is 18.1 Å². The number of carbonyl (C=O) groups is 1. The predicted octanol–water partition coefficient (Wildman–Crippen LogP) is 1.23. The van der Waals surface area contributed by atoms with E-state index in [1.54, 1.807) is 0 Å². The number of thioether (sulfide) groups is 1. The highest BCUT2D eigenvalue weighted by molar-refractivity contribution is 8.00. The highest BCUT2D eigenvalue weighted by atomic mass is 32.2. The average Bonchev–Trinajstić information content (AvgIpc) is 2.28. The summed E-state index contributed by atoms with van der Waals surface area (Å²) in [6, 6.07) is 2.56. The summed E-state index contributed by atoms with van der Waals surface area (Å²) < 4.78 is 41.0. The van der Waals surface area contributed by atoms with Gasteiger partial charge in [-0.2, -0.15) is 13.2 Å². The molecule has 0 aliphatic carbocycles. The Bertz CT molecular complexity index is 502. The van der Waals surface area contributed by atoms with Crippen LogP contribution in [0, 0.1) is 0 Å². The van der Waals surface area contributed by atoms with E-state index in [4.69, 9.17) is 5.73 Å². The van der Waals surface area contributed by atoms with Crippen molar-refractivity contribution in [3.63, 3.8) is 0 Å². The Morgan fingerprint density at radius 3 is 2.74 bits per heavy atom. The van der Waals surface area contributed by atoms with Gasteiger partial charge in [0, 0.05) is 23.7 Å². The Morgan fingerprint density at radius 2 is 2.11 bits per heavy atom. The topological polar surface area (TPSA) is 74.3 Å². The second kappa shape index (κ2) is 6.50. The zero-order chi connectivity index (χ0) is 14.5. The molecule has 0 aliphatic heterocycles. The molecule has 0 saturated carbocycles. The molecule has 0 bridgehead atoms. The molecule has 0 atom stereocenters. The largest absolute Gasteiger partial charge is 0.463 e. The number of ether oxygens (including phenoxy) is 1. The van der Waals surface area contributed by atoms with E-state index in [0.29, 0.717) is 5.69 Å².